The van der Waals surface area contributed by atoms with Gasteiger partial charge in [-0.15, -0.1) is 0 Å². The van der Waals surface area contributed by atoms with Crippen LogP contribution in [0.25, 0.3) is 0 Å². The smallest absolute Gasteiger partial charge is 0.322 e. The van der Waals surface area contributed by atoms with Gasteiger partial charge < -0.3 is 5.11 Å². The van der Waals surface area contributed by atoms with E-state index in [1.54, 1.807) is 6.92 Å². The van der Waals surface area contributed by atoms with Crippen molar-refractivity contribution in [2.75, 3.05) is 0 Å². The molecule has 0 spiro atoms. The number of benzene rings is 1. The highest BCUT2D eigenvalue weighted by Crippen LogP contribution is 2.31. The monoisotopic (exact) mass is 335 g/mol. The zero-order valence-corrected chi connectivity index (χ0v) is 12.9. The first-order valence-electron chi connectivity index (χ1n) is 6.41. The molecule has 2 rings (SSSR count). The third-order valence-corrected chi connectivity index (χ3v) is 5.86. The third-order valence-electron chi connectivity index (χ3n) is 3.59. The van der Waals surface area contributed by atoms with Gasteiger partial charge in [0.25, 0.3) is 0 Å². The maximum absolute atomic E-state index is 13.7. The number of carbonyl (C=O) groups is 1. The second kappa shape index (κ2) is 5.90. The van der Waals surface area contributed by atoms with Crippen LogP contribution in [0.3, 0.4) is 0 Å². The Morgan fingerprint density at radius 1 is 1.48 bits per heavy atom. The number of sulfonamides is 1. The van der Waals surface area contributed by atoms with E-state index in [9.17, 15) is 17.6 Å². The zero-order valence-electron chi connectivity index (χ0n) is 11.3. The van der Waals surface area contributed by atoms with Gasteiger partial charge in [0.1, 0.15) is 11.9 Å². The van der Waals surface area contributed by atoms with Gasteiger partial charge in [-0.3, -0.25) is 4.79 Å². The molecule has 1 aromatic carbocycles. The van der Waals surface area contributed by atoms with Gasteiger partial charge in [0, 0.05) is 16.6 Å². The Bertz CT molecular complexity index is 644. The summed E-state index contributed by atoms with van der Waals surface area (Å²) in [7, 11) is -3.97. The van der Waals surface area contributed by atoms with Gasteiger partial charge in [0.05, 0.1) is 5.75 Å². The summed E-state index contributed by atoms with van der Waals surface area (Å²) in [5.41, 5.74) is -0.137. The lowest BCUT2D eigenvalue weighted by Gasteiger charge is -2.25. The van der Waals surface area contributed by atoms with Crippen LogP contribution in [0.15, 0.2) is 18.2 Å². The van der Waals surface area contributed by atoms with E-state index in [0.29, 0.717) is 6.42 Å². The Kier molecular flexibility index (Phi) is 4.55. The minimum Gasteiger partial charge on any atom is -0.480 e. The van der Waals surface area contributed by atoms with Crippen LogP contribution in [-0.4, -0.2) is 35.9 Å². The molecule has 0 saturated carbocycles. The van der Waals surface area contributed by atoms with Crippen molar-refractivity contribution in [1.29, 1.82) is 0 Å². The Hall–Kier alpha value is -1.18. The molecule has 1 saturated heterocycles. The van der Waals surface area contributed by atoms with E-state index < -0.39 is 39.6 Å². The molecule has 1 aliphatic rings. The highest BCUT2D eigenvalue weighted by atomic mass is 35.5. The van der Waals surface area contributed by atoms with E-state index in [4.69, 9.17) is 16.7 Å². The second-order valence-electron chi connectivity index (χ2n) is 5.07. The molecule has 0 amide bonds. The first kappa shape index (κ1) is 16.2. The highest BCUT2D eigenvalue weighted by molar-refractivity contribution is 7.88. The molecule has 1 aromatic rings. The summed E-state index contributed by atoms with van der Waals surface area (Å²) in [6, 6.07) is 2.38. The lowest BCUT2D eigenvalue weighted by atomic mass is 10.2. The molecule has 0 aliphatic carbocycles. The number of hydrogen-bond donors (Lipinski definition) is 1. The SMILES string of the molecule is C[C@@H]1CC[C@H](C(=O)O)N1S(=O)(=O)Cc1c(F)cccc1Cl. The van der Waals surface area contributed by atoms with Gasteiger partial charge in [-0.25, -0.2) is 12.8 Å². The van der Waals surface area contributed by atoms with Crippen molar-refractivity contribution in [1.82, 2.24) is 4.31 Å². The van der Waals surface area contributed by atoms with E-state index >= 15 is 0 Å². The Morgan fingerprint density at radius 3 is 2.71 bits per heavy atom. The Labute approximate surface area is 127 Å². The van der Waals surface area contributed by atoms with Crippen LogP contribution >= 0.6 is 11.6 Å². The summed E-state index contributed by atoms with van der Waals surface area (Å²) >= 11 is 5.84. The normalized spacial score (nSPS) is 23.4. The molecule has 1 aliphatic heterocycles. The van der Waals surface area contributed by atoms with Crippen molar-refractivity contribution in [3.8, 4) is 0 Å². The van der Waals surface area contributed by atoms with Gasteiger partial charge in [0.15, 0.2) is 0 Å². The molecular weight excluding hydrogens is 321 g/mol. The predicted molar refractivity (Wildman–Crippen MR) is 76.0 cm³/mol. The molecule has 5 nitrogen and oxygen atoms in total. The molecule has 2 atom stereocenters. The molecule has 0 aromatic heterocycles. The van der Waals surface area contributed by atoms with Gasteiger partial charge in [0.2, 0.25) is 10.0 Å². The topological polar surface area (TPSA) is 74.7 Å². The first-order valence-corrected chi connectivity index (χ1v) is 8.39. The molecule has 0 unspecified atom stereocenters. The number of halogens is 2. The lowest BCUT2D eigenvalue weighted by Crippen LogP contribution is -2.44. The van der Waals surface area contributed by atoms with Crippen LogP contribution in [-0.2, 0) is 20.6 Å². The van der Waals surface area contributed by atoms with Gasteiger partial charge in [-0.2, -0.15) is 4.31 Å². The zero-order chi connectivity index (χ0) is 15.8. The quantitative estimate of drug-likeness (QED) is 0.915. The highest BCUT2D eigenvalue weighted by Gasteiger charge is 2.43. The summed E-state index contributed by atoms with van der Waals surface area (Å²) in [5, 5.41) is 9.15. The predicted octanol–water partition coefficient (Wildman–Crippen LogP) is 2.25. The van der Waals surface area contributed by atoms with E-state index in [1.807, 2.05) is 0 Å². The molecule has 1 fully saturated rings. The summed E-state index contributed by atoms with van der Waals surface area (Å²) in [4.78, 5) is 11.2. The number of aliphatic carboxylic acids is 1. The van der Waals surface area contributed by atoms with Crippen LogP contribution in [0.2, 0.25) is 5.02 Å². The van der Waals surface area contributed by atoms with E-state index in [-0.39, 0.29) is 17.0 Å². The summed E-state index contributed by atoms with van der Waals surface area (Å²) in [5.74, 6) is -2.56. The van der Waals surface area contributed by atoms with E-state index in [0.717, 1.165) is 10.4 Å². The molecule has 1 heterocycles. The molecule has 0 radical (unpaired) electrons. The second-order valence-corrected chi connectivity index (χ2v) is 7.35. The number of carboxylic acid groups (broad SMARTS) is 1. The van der Waals surface area contributed by atoms with Gasteiger partial charge >= 0.3 is 5.97 Å². The van der Waals surface area contributed by atoms with Crippen LogP contribution < -0.4 is 0 Å². The minimum atomic E-state index is -3.97. The fourth-order valence-corrected chi connectivity index (χ4v) is 4.94. The minimum absolute atomic E-state index is 0.0114. The van der Waals surface area contributed by atoms with Crippen molar-refractivity contribution in [3.05, 3.63) is 34.6 Å². The van der Waals surface area contributed by atoms with E-state index in [2.05, 4.69) is 0 Å². The largest absolute Gasteiger partial charge is 0.480 e. The van der Waals surface area contributed by atoms with Crippen LogP contribution in [0.4, 0.5) is 4.39 Å². The van der Waals surface area contributed by atoms with Crippen LogP contribution in [0, 0.1) is 5.82 Å². The van der Waals surface area contributed by atoms with Crippen molar-refractivity contribution < 1.29 is 22.7 Å². The number of rotatable bonds is 4. The first-order chi connectivity index (χ1) is 9.74. The summed E-state index contributed by atoms with van der Waals surface area (Å²) < 4.78 is 39.6. The standard InChI is InChI=1S/C13H15ClFNO4S/c1-8-5-6-12(13(17)18)16(8)21(19,20)7-9-10(14)3-2-4-11(9)15/h2-4,8,12H,5-7H2,1H3,(H,17,18)/t8-,12-/m1/s1. The maximum Gasteiger partial charge on any atom is 0.322 e. The molecule has 0 bridgehead atoms. The number of hydrogen-bond acceptors (Lipinski definition) is 3. The molecule has 116 valence electrons. The fraction of sp³-hybridized carbons (Fsp3) is 0.462. The average Bonchev–Trinajstić information content (AvgIpc) is 2.77. The lowest BCUT2D eigenvalue weighted by molar-refractivity contribution is -0.140. The van der Waals surface area contributed by atoms with Gasteiger partial charge in [-0.1, -0.05) is 17.7 Å². The fourth-order valence-electron chi connectivity index (χ4n) is 2.59. The summed E-state index contributed by atoms with van der Waals surface area (Å²) in [6.45, 7) is 1.64. The number of carboxylic acids is 1. The Morgan fingerprint density at radius 2 is 2.14 bits per heavy atom. The van der Waals surface area contributed by atoms with Gasteiger partial charge in [-0.05, 0) is 31.9 Å². The molecule has 1 N–H and O–H groups in total. The van der Waals surface area contributed by atoms with E-state index in [1.165, 1.54) is 12.1 Å². The van der Waals surface area contributed by atoms with Crippen molar-refractivity contribution >= 4 is 27.6 Å². The van der Waals surface area contributed by atoms with Crippen LogP contribution in [0.1, 0.15) is 25.3 Å². The van der Waals surface area contributed by atoms with Crippen molar-refractivity contribution in [2.24, 2.45) is 0 Å². The molecule has 21 heavy (non-hydrogen) atoms. The van der Waals surface area contributed by atoms with Crippen LogP contribution in [0.5, 0.6) is 0 Å². The average molecular weight is 336 g/mol. The molecule has 8 heteroatoms. The maximum atomic E-state index is 13.7. The molecular formula is C13H15ClFNO4S. The number of nitrogens with zero attached hydrogens (tertiary/aromatic N) is 1. The van der Waals surface area contributed by atoms with Crippen molar-refractivity contribution in [2.45, 2.75) is 37.6 Å². The Balaban J connectivity index is 2.36. The third kappa shape index (κ3) is 3.20. The van der Waals surface area contributed by atoms with Crippen molar-refractivity contribution in [3.63, 3.8) is 0 Å². The summed E-state index contributed by atoms with van der Waals surface area (Å²) in [6.07, 6.45) is 0.710.